The van der Waals surface area contributed by atoms with Crippen molar-refractivity contribution in [3.63, 3.8) is 0 Å². The standard InChI is InChI=1S/C16H17N3O2/c1-11(2)19(9-5-8-17)15-13(16(20)21)10-12-6-3-4-7-14(12)18-15/h3-4,6-7,10-11H,5,9H2,1-2H3,(H,20,21). The fraction of sp³-hybridized carbons (Fsp3) is 0.312. The largest absolute Gasteiger partial charge is 0.478 e. The number of nitriles is 1. The molecule has 0 radical (unpaired) electrons. The van der Waals surface area contributed by atoms with Gasteiger partial charge in [-0.15, -0.1) is 0 Å². The quantitative estimate of drug-likeness (QED) is 0.912. The van der Waals surface area contributed by atoms with Gasteiger partial charge in [-0.3, -0.25) is 0 Å². The van der Waals surface area contributed by atoms with Gasteiger partial charge in [0.05, 0.1) is 18.0 Å². The molecule has 0 amide bonds. The molecule has 0 saturated carbocycles. The first-order valence-corrected chi connectivity index (χ1v) is 6.81. The summed E-state index contributed by atoms with van der Waals surface area (Å²) in [7, 11) is 0. The van der Waals surface area contributed by atoms with Crippen LogP contribution in [0.2, 0.25) is 0 Å². The van der Waals surface area contributed by atoms with E-state index < -0.39 is 5.97 Å². The van der Waals surface area contributed by atoms with Crippen LogP contribution in [0.1, 0.15) is 30.6 Å². The number of fused-ring (bicyclic) bond motifs is 1. The Morgan fingerprint density at radius 2 is 2.14 bits per heavy atom. The van der Waals surface area contributed by atoms with Gasteiger partial charge in [0.1, 0.15) is 11.4 Å². The van der Waals surface area contributed by atoms with Gasteiger partial charge < -0.3 is 10.0 Å². The molecule has 0 unspecified atom stereocenters. The summed E-state index contributed by atoms with van der Waals surface area (Å²) in [6.07, 6.45) is 0.325. The molecule has 1 aromatic heterocycles. The third-order valence-electron chi connectivity index (χ3n) is 3.29. The third kappa shape index (κ3) is 3.11. The van der Waals surface area contributed by atoms with Crippen molar-refractivity contribution >= 4 is 22.7 Å². The number of aromatic carboxylic acids is 1. The minimum atomic E-state index is -1.01. The van der Waals surface area contributed by atoms with Gasteiger partial charge in [0.15, 0.2) is 0 Å². The molecule has 0 aliphatic rings. The van der Waals surface area contributed by atoms with Gasteiger partial charge in [-0.25, -0.2) is 9.78 Å². The van der Waals surface area contributed by atoms with Crippen LogP contribution in [0.3, 0.4) is 0 Å². The molecule has 5 nitrogen and oxygen atoms in total. The van der Waals surface area contributed by atoms with Crippen molar-refractivity contribution in [1.29, 1.82) is 5.26 Å². The number of carboxylic acids is 1. The van der Waals surface area contributed by atoms with Gasteiger partial charge in [-0.05, 0) is 26.0 Å². The van der Waals surface area contributed by atoms with Gasteiger partial charge in [-0.2, -0.15) is 5.26 Å². The molecular formula is C16H17N3O2. The molecular weight excluding hydrogens is 266 g/mol. The van der Waals surface area contributed by atoms with Crippen LogP contribution in [-0.2, 0) is 0 Å². The highest BCUT2D eigenvalue weighted by molar-refractivity contribution is 5.98. The molecule has 2 aromatic rings. The Morgan fingerprint density at radius 3 is 2.76 bits per heavy atom. The Hall–Kier alpha value is -2.61. The number of anilines is 1. The summed E-state index contributed by atoms with van der Waals surface area (Å²) in [6, 6.07) is 11.2. The number of carbonyl (C=O) groups is 1. The molecule has 0 fully saturated rings. The Balaban J connectivity index is 2.60. The zero-order chi connectivity index (χ0) is 15.4. The minimum Gasteiger partial charge on any atom is -0.478 e. The van der Waals surface area contributed by atoms with Crippen molar-refractivity contribution in [1.82, 2.24) is 4.98 Å². The summed E-state index contributed by atoms with van der Waals surface area (Å²) in [5, 5.41) is 19.0. The summed E-state index contributed by atoms with van der Waals surface area (Å²) in [4.78, 5) is 17.9. The summed E-state index contributed by atoms with van der Waals surface area (Å²) < 4.78 is 0. The van der Waals surface area contributed by atoms with Gasteiger partial charge in [-0.1, -0.05) is 18.2 Å². The fourth-order valence-electron chi connectivity index (χ4n) is 2.26. The van der Waals surface area contributed by atoms with Crippen LogP contribution in [0.5, 0.6) is 0 Å². The summed E-state index contributed by atoms with van der Waals surface area (Å²) >= 11 is 0. The number of benzene rings is 1. The number of nitrogens with zero attached hydrogens (tertiary/aromatic N) is 3. The summed E-state index contributed by atoms with van der Waals surface area (Å²) in [6.45, 7) is 4.37. The second-order valence-corrected chi connectivity index (χ2v) is 5.05. The lowest BCUT2D eigenvalue weighted by molar-refractivity contribution is 0.0697. The lowest BCUT2D eigenvalue weighted by Gasteiger charge is -2.28. The van der Waals surface area contributed by atoms with Crippen LogP contribution < -0.4 is 4.90 Å². The number of carboxylic acid groups (broad SMARTS) is 1. The number of hydrogen-bond acceptors (Lipinski definition) is 4. The molecule has 0 aliphatic heterocycles. The van der Waals surface area contributed by atoms with Gasteiger partial charge in [0, 0.05) is 18.0 Å². The van der Waals surface area contributed by atoms with E-state index in [4.69, 9.17) is 5.26 Å². The maximum absolute atomic E-state index is 11.5. The van der Waals surface area contributed by atoms with E-state index >= 15 is 0 Å². The Morgan fingerprint density at radius 1 is 1.43 bits per heavy atom. The van der Waals surface area contributed by atoms with Crippen molar-refractivity contribution in [3.8, 4) is 6.07 Å². The van der Waals surface area contributed by atoms with Crippen LogP contribution in [0.25, 0.3) is 10.9 Å². The average molecular weight is 283 g/mol. The van der Waals surface area contributed by atoms with E-state index in [9.17, 15) is 9.90 Å². The van der Waals surface area contributed by atoms with Crippen molar-refractivity contribution in [2.75, 3.05) is 11.4 Å². The van der Waals surface area contributed by atoms with Gasteiger partial charge in [0.25, 0.3) is 0 Å². The highest BCUT2D eigenvalue weighted by atomic mass is 16.4. The van der Waals surface area contributed by atoms with Crippen LogP contribution in [0.15, 0.2) is 30.3 Å². The second-order valence-electron chi connectivity index (χ2n) is 5.05. The van der Waals surface area contributed by atoms with E-state index in [-0.39, 0.29) is 11.6 Å². The highest BCUT2D eigenvalue weighted by Crippen LogP contribution is 2.25. The van der Waals surface area contributed by atoms with E-state index in [0.29, 0.717) is 18.8 Å². The lowest BCUT2D eigenvalue weighted by atomic mass is 10.1. The van der Waals surface area contributed by atoms with Crippen molar-refractivity contribution in [2.24, 2.45) is 0 Å². The molecule has 0 bridgehead atoms. The first-order chi connectivity index (χ1) is 10.0. The van der Waals surface area contributed by atoms with Crippen LogP contribution >= 0.6 is 0 Å². The minimum absolute atomic E-state index is 0.0603. The normalized spacial score (nSPS) is 10.6. The zero-order valence-corrected chi connectivity index (χ0v) is 12.1. The molecule has 0 atom stereocenters. The first-order valence-electron chi connectivity index (χ1n) is 6.81. The predicted octanol–water partition coefficient (Wildman–Crippen LogP) is 3.06. The number of pyridine rings is 1. The van der Waals surface area contributed by atoms with E-state index in [1.807, 2.05) is 43.0 Å². The van der Waals surface area contributed by atoms with E-state index in [0.717, 1.165) is 10.9 Å². The molecule has 5 heteroatoms. The molecule has 21 heavy (non-hydrogen) atoms. The van der Waals surface area contributed by atoms with E-state index in [1.165, 1.54) is 0 Å². The smallest absolute Gasteiger partial charge is 0.339 e. The van der Waals surface area contributed by atoms with Crippen molar-refractivity contribution < 1.29 is 9.90 Å². The maximum atomic E-state index is 11.5. The van der Waals surface area contributed by atoms with Crippen LogP contribution in [0.4, 0.5) is 5.82 Å². The first kappa shape index (κ1) is 14.8. The lowest BCUT2D eigenvalue weighted by Crippen LogP contribution is -2.33. The zero-order valence-electron chi connectivity index (χ0n) is 12.1. The highest BCUT2D eigenvalue weighted by Gasteiger charge is 2.20. The Kier molecular flexibility index (Phi) is 4.39. The molecule has 0 aliphatic carbocycles. The van der Waals surface area contributed by atoms with Crippen molar-refractivity contribution in [2.45, 2.75) is 26.3 Å². The molecule has 1 heterocycles. The Labute approximate surface area is 123 Å². The number of rotatable bonds is 5. The maximum Gasteiger partial charge on any atom is 0.339 e. The summed E-state index contributed by atoms with van der Waals surface area (Å²) in [5.41, 5.74) is 0.917. The van der Waals surface area contributed by atoms with E-state index in [2.05, 4.69) is 11.1 Å². The number of para-hydroxylation sites is 1. The van der Waals surface area contributed by atoms with Crippen LogP contribution in [-0.4, -0.2) is 28.6 Å². The predicted molar refractivity (Wildman–Crippen MR) is 81.4 cm³/mol. The molecule has 1 N–H and O–H groups in total. The fourth-order valence-corrected chi connectivity index (χ4v) is 2.26. The number of aromatic nitrogens is 1. The molecule has 1 aromatic carbocycles. The average Bonchev–Trinajstić information content (AvgIpc) is 2.46. The number of hydrogen-bond donors (Lipinski definition) is 1. The van der Waals surface area contributed by atoms with Crippen LogP contribution in [0, 0.1) is 11.3 Å². The monoisotopic (exact) mass is 283 g/mol. The summed E-state index contributed by atoms with van der Waals surface area (Å²) in [5.74, 6) is -0.586. The molecule has 2 rings (SSSR count). The second kappa shape index (κ2) is 6.23. The molecule has 0 saturated heterocycles. The molecule has 0 spiro atoms. The van der Waals surface area contributed by atoms with Gasteiger partial charge >= 0.3 is 5.97 Å². The molecule has 108 valence electrons. The van der Waals surface area contributed by atoms with Gasteiger partial charge in [0.2, 0.25) is 0 Å². The van der Waals surface area contributed by atoms with Crippen molar-refractivity contribution in [3.05, 3.63) is 35.9 Å². The third-order valence-corrected chi connectivity index (χ3v) is 3.29. The Bertz CT molecular complexity index is 704. The van der Waals surface area contributed by atoms with E-state index in [1.54, 1.807) is 6.07 Å². The SMILES string of the molecule is CC(C)N(CCC#N)c1nc2ccccc2cc1C(=O)O. The topological polar surface area (TPSA) is 77.2 Å².